The monoisotopic (exact) mass is 422 g/mol. The first kappa shape index (κ1) is 23.7. The van der Waals surface area contributed by atoms with Crippen molar-refractivity contribution in [3.05, 3.63) is 46.8 Å². The maximum atomic E-state index is 11.4. The largest absolute Gasteiger partial charge is 0.490 e. The number of carboxylic acid groups (broad SMARTS) is 2. The van der Waals surface area contributed by atoms with Gasteiger partial charge in [-0.25, -0.2) is 9.59 Å². The van der Waals surface area contributed by atoms with Gasteiger partial charge in [0.05, 0.1) is 0 Å². The lowest BCUT2D eigenvalue weighted by Crippen LogP contribution is -2.29. The second-order valence-electron chi connectivity index (χ2n) is 5.41. The van der Waals surface area contributed by atoms with Crippen molar-refractivity contribution in [1.29, 1.82) is 0 Å². The van der Waals surface area contributed by atoms with Gasteiger partial charge in [-0.2, -0.15) is 26.3 Å². The van der Waals surface area contributed by atoms with Crippen molar-refractivity contribution in [3.63, 3.8) is 0 Å². The molecule has 1 aliphatic carbocycles. The fourth-order valence-electron chi connectivity index (χ4n) is 2.08. The number of alkyl halides is 6. The molecule has 0 bridgehead atoms. The lowest BCUT2D eigenvalue weighted by Gasteiger charge is -2.03. The first-order chi connectivity index (χ1) is 13.2. The molecule has 5 nitrogen and oxygen atoms in total. The molecule has 156 valence electrons. The standard InChI is InChI=1S/C14H10O.2C2HF3O2/c15-12-8-7-11-6-5-10-3-1-2-4-13(10)14(11)9-12;2*3-2(4,5)1(6)7/h1-7,9H,8H2;2*(H,6,7). The summed E-state index contributed by atoms with van der Waals surface area (Å²) in [5, 5.41) is 18.9. The van der Waals surface area contributed by atoms with Gasteiger partial charge in [-0.3, -0.25) is 4.79 Å². The smallest absolute Gasteiger partial charge is 0.475 e. The maximum absolute atomic E-state index is 11.4. The number of hydrogen-bond donors (Lipinski definition) is 2. The zero-order valence-electron chi connectivity index (χ0n) is 14.2. The summed E-state index contributed by atoms with van der Waals surface area (Å²) in [6.07, 6.45) is -5.87. The summed E-state index contributed by atoms with van der Waals surface area (Å²) in [7, 11) is 0. The number of carbonyl (C=O) groups is 3. The van der Waals surface area contributed by atoms with E-state index >= 15 is 0 Å². The third-order valence-electron chi connectivity index (χ3n) is 3.32. The van der Waals surface area contributed by atoms with E-state index < -0.39 is 24.3 Å². The van der Waals surface area contributed by atoms with E-state index in [2.05, 4.69) is 24.3 Å². The van der Waals surface area contributed by atoms with E-state index in [0.717, 1.165) is 5.22 Å². The van der Waals surface area contributed by atoms with Crippen LogP contribution in [0.2, 0.25) is 0 Å². The van der Waals surface area contributed by atoms with Crippen molar-refractivity contribution in [2.45, 2.75) is 18.8 Å². The normalized spacial score (nSPS) is 12.8. The number of hydrogen-bond acceptors (Lipinski definition) is 3. The number of ketones is 1. The molecule has 0 saturated carbocycles. The van der Waals surface area contributed by atoms with Crippen molar-refractivity contribution in [2.24, 2.45) is 0 Å². The molecular weight excluding hydrogens is 410 g/mol. The zero-order valence-corrected chi connectivity index (χ0v) is 14.2. The second kappa shape index (κ2) is 9.22. The Labute approximate surface area is 158 Å². The highest BCUT2D eigenvalue weighted by molar-refractivity contribution is 6.10. The SMILES string of the molecule is O=C(O)C(F)(F)F.O=C(O)C(F)(F)F.O=C1C=c2c(ccc3ccccc23)=CC1. The molecule has 2 N–H and O–H groups in total. The Bertz CT molecular complexity index is 1010. The van der Waals surface area contributed by atoms with E-state index in [9.17, 15) is 31.1 Å². The fourth-order valence-corrected chi connectivity index (χ4v) is 2.08. The molecule has 0 fully saturated rings. The summed E-state index contributed by atoms with van der Waals surface area (Å²) in [4.78, 5) is 29.2. The molecule has 1 aliphatic rings. The number of rotatable bonds is 0. The molecule has 0 unspecified atom stereocenters. The topological polar surface area (TPSA) is 91.7 Å². The highest BCUT2D eigenvalue weighted by Crippen LogP contribution is 2.13. The zero-order chi connectivity index (χ0) is 22.4. The molecule has 0 spiro atoms. The Kier molecular flexibility index (Phi) is 7.52. The number of benzene rings is 2. The molecule has 0 radical (unpaired) electrons. The predicted octanol–water partition coefficient (Wildman–Crippen LogP) is 2.64. The minimum Gasteiger partial charge on any atom is -0.475 e. The van der Waals surface area contributed by atoms with E-state index in [1.54, 1.807) is 6.08 Å². The van der Waals surface area contributed by atoms with Crippen LogP contribution in [0.3, 0.4) is 0 Å². The lowest BCUT2D eigenvalue weighted by atomic mass is 10.0. The van der Waals surface area contributed by atoms with E-state index in [1.807, 2.05) is 18.2 Å². The lowest BCUT2D eigenvalue weighted by molar-refractivity contribution is -0.193. The van der Waals surface area contributed by atoms with Crippen molar-refractivity contribution in [3.8, 4) is 0 Å². The van der Waals surface area contributed by atoms with Gasteiger partial charge in [-0.05, 0) is 27.3 Å². The number of carboxylic acids is 2. The molecule has 0 amide bonds. The molecular formula is C18H12F6O5. The van der Waals surface area contributed by atoms with Crippen LogP contribution >= 0.6 is 0 Å². The van der Waals surface area contributed by atoms with Crippen LogP contribution in [0, 0.1) is 0 Å². The van der Waals surface area contributed by atoms with Gasteiger partial charge < -0.3 is 10.2 Å². The Morgan fingerprint density at radius 3 is 1.79 bits per heavy atom. The predicted molar refractivity (Wildman–Crippen MR) is 89.1 cm³/mol. The van der Waals surface area contributed by atoms with E-state index in [0.29, 0.717) is 6.42 Å². The van der Waals surface area contributed by atoms with Gasteiger partial charge in [0, 0.05) is 6.42 Å². The molecule has 0 saturated heterocycles. The number of halogens is 6. The van der Waals surface area contributed by atoms with Gasteiger partial charge in [0.15, 0.2) is 5.78 Å². The quantitative estimate of drug-likeness (QED) is 0.637. The van der Waals surface area contributed by atoms with E-state index in [-0.39, 0.29) is 5.78 Å². The van der Waals surface area contributed by atoms with Gasteiger partial charge >= 0.3 is 24.3 Å². The van der Waals surface area contributed by atoms with E-state index in [4.69, 9.17) is 19.8 Å². The van der Waals surface area contributed by atoms with Gasteiger partial charge in [0.25, 0.3) is 0 Å². The minimum absolute atomic E-state index is 0.193. The molecule has 29 heavy (non-hydrogen) atoms. The molecule has 0 heterocycles. The van der Waals surface area contributed by atoms with Crippen LogP contribution in [-0.4, -0.2) is 40.3 Å². The Balaban J connectivity index is 0.000000255. The average Bonchev–Trinajstić information content (AvgIpc) is 2.61. The first-order valence-corrected chi connectivity index (χ1v) is 7.56. The highest BCUT2D eigenvalue weighted by atomic mass is 19.4. The summed E-state index contributed by atoms with van der Waals surface area (Å²) >= 11 is 0. The van der Waals surface area contributed by atoms with E-state index in [1.165, 1.54) is 16.0 Å². The molecule has 11 heteroatoms. The van der Waals surface area contributed by atoms with Gasteiger partial charge in [-0.15, -0.1) is 0 Å². The Morgan fingerprint density at radius 2 is 1.31 bits per heavy atom. The molecule has 3 rings (SSSR count). The average molecular weight is 422 g/mol. The first-order valence-electron chi connectivity index (χ1n) is 7.56. The minimum atomic E-state index is -5.08. The third kappa shape index (κ3) is 7.28. The van der Waals surface area contributed by atoms with Gasteiger partial charge in [0.1, 0.15) is 0 Å². The van der Waals surface area contributed by atoms with Crippen LogP contribution in [0.5, 0.6) is 0 Å². The van der Waals surface area contributed by atoms with Crippen LogP contribution in [0.15, 0.2) is 36.4 Å². The summed E-state index contributed by atoms with van der Waals surface area (Å²) in [5.41, 5.74) is 0. The van der Waals surface area contributed by atoms with Crippen molar-refractivity contribution >= 4 is 40.6 Å². The van der Waals surface area contributed by atoms with Crippen LogP contribution in [0.4, 0.5) is 26.3 Å². The highest BCUT2D eigenvalue weighted by Gasteiger charge is 2.38. The molecule has 0 aliphatic heterocycles. The molecule has 2 aromatic carbocycles. The summed E-state index contributed by atoms with van der Waals surface area (Å²) in [5.74, 6) is -5.32. The Hall–Kier alpha value is -3.37. The van der Waals surface area contributed by atoms with Gasteiger partial charge in [-0.1, -0.05) is 42.5 Å². The maximum Gasteiger partial charge on any atom is 0.490 e. The molecule has 0 aromatic heterocycles. The molecule has 2 aromatic rings. The summed E-state index contributed by atoms with van der Waals surface area (Å²) in [6.45, 7) is 0. The summed E-state index contributed by atoms with van der Waals surface area (Å²) in [6, 6.07) is 12.4. The number of Topliss-reactive ketones (excluding diaryl/α,β-unsaturated/α-hetero) is 1. The van der Waals surface area contributed by atoms with Crippen LogP contribution in [0.1, 0.15) is 6.42 Å². The summed E-state index contributed by atoms with van der Waals surface area (Å²) < 4.78 is 63.5. The fraction of sp³-hybridized carbons (Fsp3) is 0.167. The Morgan fingerprint density at radius 1 is 0.828 bits per heavy atom. The van der Waals surface area contributed by atoms with Crippen molar-refractivity contribution in [1.82, 2.24) is 0 Å². The van der Waals surface area contributed by atoms with Crippen LogP contribution in [0.25, 0.3) is 22.9 Å². The third-order valence-corrected chi connectivity index (χ3v) is 3.32. The number of fused-ring (bicyclic) bond motifs is 3. The van der Waals surface area contributed by atoms with Crippen LogP contribution < -0.4 is 10.4 Å². The molecule has 0 atom stereocenters. The van der Waals surface area contributed by atoms with Gasteiger partial charge in [0.2, 0.25) is 0 Å². The van der Waals surface area contributed by atoms with Crippen molar-refractivity contribution in [2.75, 3.05) is 0 Å². The van der Waals surface area contributed by atoms with Crippen LogP contribution in [-0.2, 0) is 14.4 Å². The second-order valence-corrected chi connectivity index (χ2v) is 5.41. The van der Waals surface area contributed by atoms with Crippen molar-refractivity contribution < 1.29 is 50.9 Å². The number of aliphatic carboxylic acids is 2. The number of carbonyl (C=O) groups excluding carboxylic acids is 1.